The van der Waals surface area contributed by atoms with Crippen LogP contribution < -0.4 is 15.5 Å². The maximum Gasteiger partial charge on any atom is 0.317 e. The standard InChI is InChI=1S/C26H35N7O/c34-26(33-11-1-2-19(17-33)14-18-3-8-27-15-18)31-20-6-12-32(13-7-20)23-5-10-28-22-16-30-25-21(24(22)23)4-9-29-25/h4-5,9-10,16,18-20,27H,1-3,6-8,11-15,17H2,(H,29,30)(H,31,34). The van der Waals surface area contributed by atoms with Crippen LogP contribution in [0.1, 0.15) is 38.5 Å². The molecule has 0 aliphatic carbocycles. The second-order valence-corrected chi connectivity index (χ2v) is 10.3. The lowest BCUT2D eigenvalue weighted by Gasteiger charge is -2.37. The van der Waals surface area contributed by atoms with Crippen molar-refractivity contribution in [3.8, 4) is 0 Å². The molecule has 6 heterocycles. The van der Waals surface area contributed by atoms with E-state index in [1.54, 1.807) is 0 Å². The van der Waals surface area contributed by atoms with Crippen molar-refractivity contribution in [2.45, 2.75) is 44.6 Å². The maximum atomic E-state index is 13.1. The zero-order valence-corrected chi connectivity index (χ0v) is 19.8. The highest BCUT2D eigenvalue weighted by molar-refractivity contribution is 6.09. The van der Waals surface area contributed by atoms with E-state index >= 15 is 0 Å². The highest BCUT2D eigenvalue weighted by atomic mass is 16.2. The number of piperidine rings is 2. The van der Waals surface area contributed by atoms with Crippen LogP contribution in [0.25, 0.3) is 21.9 Å². The van der Waals surface area contributed by atoms with Crippen molar-refractivity contribution in [3.63, 3.8) is 0 Å². The number of aromatic amines is 1. The maximum absolute atomic E-state index is 13.1. The number of carbonyl (C=O) groups excluding carboxylic acids is 1. The number of urea groups is 1. The van der Waals surface area contributed by atoms with Crippen LogP contribution in [0.3, 0.4) is 0 Å². The molecule has 34 heavy (non-hydrogen) atoms. The zero-order valence-electron chi connectivity index (χ0n) is 19.8. The van der Waals surface area contributed by atoms with Crippen molar-refractivity contribution in [2.24, 2.45) is 11.8 Å². The second-order valence-electron chi connectivity index (χ2n) is 10.3. The molecular formula is C26H35N7O. The molecule has 180 valence electrons. The Labute approximate surface area is 200 Å². The molecule has 0 saturated carbocycles. The van der Waals surface area contributed by atoms with Crippen LogP contribution in [-0.4, -0.2) is 71.2 Å². The van der Waals surface area contributed by atoms with Gasteiger partial charge in [-0.1, -0.05) is 0 Å². The van der Waals surface area contributed by atoms with Crippen LogP contribution in [0, 0.1) is 11.8 Å². The van der Waals surface area contributed by atoms with Gasteiger partial charge >= 0.3 is 6.03 Å². The second kappa shape index (κ2) is 9.41. The summed E-state index contributed by atoms with van der Waals surface area (Å²) in [5, 5.41) is 9.11. The van der Waals surface area contributed by atoms with Crippen molar-refractivity contribution < 1.29 is 4.79 Å². The van der Waals surface area contributed by atoms with Crippen LogP contribution in [0.4, 0.5) is 10.5 Å². The number of hydrogen-bond donors (Lipinski definition) is 3. The first kappa shape index (κ1) is 21.6. The van der Waals surface area contributed by atoms with E-state index in [1.165, 1.54) is 24.9 Å². The number of amides is 2. The number of anilines is 1. The minimum Gasteiger partial charge on any atom is -0.371 e. The minimum absolute atomic E-state index is 0.141. The summed E-state index contributed by atoms with van der Waals surface area (Å²) in [6, 6.07) is 4.58. The summed E-state index contributed by atoms with van der Waals surface area (Å²) in [5.41, 5.74) is 3.03. The molecular weight excluding hydrogens is 426 g/mol. The van der Waals surface area contributed by atoms with Gasteiger partial charge in [0.05, 0.1) is 11.7 Å². The van der Waals surface area contributed by atoms with E-state index in [1.807, 2.05) is 18.6 Å². The van der Waals surface area contributed by atoms with E-state index in [0.29, 0.717) is 5.92 Å². The Bertz CT molecular complexity index is 1150. The van der Waals surface area contributed by atoms with Gasteiger partial charge in [0, 0.05) is 61.1 Å². The quantitative estimate of drug-likeness (QED) is 0.553. The lowest BCUT2D eigenvalue weighted by atomic mass is 9.88. The van der Waals surface area contributed by atoms with Gasteiger partial charge in [-0.05, 0) is 75.6 Å². The number of pyridine rings is 2. The Balaban J connectivity index is 1.07. The van der Waals surface area contributed by atoms with Crippen molar-refractivity contribution >= 4 is 33.7 Å². The summed E-state index contributed by atoms with van der Waals surface area (Å²) in [4.78, 5) is 29.8. The fourth-order valence-electron chi connectivity index (χ4n) is 6.26. The minimum atomic E-state index is 0.141. The molecule has 6 rings (SSSR count). The monoisotopic (exact) mass is 461 g/mol. The third kappa shape index (κ3) is 4.31. The van der Waals surface area contributed by atoms with Crippen LogP contribution in [0.2, 0.25) is 0 Å². The third-order valence-corrected chi connectivity index (χ3v) is 8.07. The lowest BCUT2D eigenvalue weighted by Crippen LogP contribution is -2.51. The molecule has 3 aromatic heterocycles. The molecule has 0 aromatic carbocycles. The highest BCUT2D eigenvalue weighted by Crippen LogP contribution is 2.32. The number of fused-ring (bicyclic) bond motifs is 3. The predicted molar refractivity (Wildman–Crippen MR) is 135 cm³/mol. The molecule has 2 unspecified atom stereocenters. The number of likely N-dealkylation sites (tertiary alicyclic amines) is 1. The van der Waals surface area contributed by atoms with Gasteiger partial charge in [-0.2, -0.15) is 0 Å². The summed E-state index contributed by atoms with van der Waals surface area (Å²) in [6.07, 6.45) is 12.5. The summed E-state index contributed by atoms with van der Waals surface area (Å²) in [6.45, 7) is 5.98. The Morgan fingerprint density at radius 1 is 1.09 bits per heavy atom. The average Bonchev–Trinajstić information content (AvgIpc) is 3.56. The van der Waals surface area contributed by atoms with Crippen molar-refractivity contribution in [2.75, 3.05) is 44.2 Å². The van der Waals surface area contributed by atoms with E-state index in [4.69, 9.17) is 0 Å². The third-order valence-electron chi connectivity index (χ3n) is 8.07. The van der Waals surface area contributed by atoms with Gasteiger partial charge < -0.3 is 25.4 Å². The fourth-order valence-corrected chi connectivity index (χ4v) is 6.26. The number of nitrogens with zero attached hydrogens (tertiary/aromatic N) is 4. The number of nitrogens with one attached hydrogen (secondary N) is 3. The average molecular weight is 462 g/mol. The van der Waals surface area contributed by atoms with E-state index < -0.39 is 0 Å². The van der Waals surface area contributed by atoms with Gasteiger partial charge in [0.25, 0.3) is 0 Å². The summed E-state index contributed by atoms with van der Waals surface area (Å²) >= 11 is 0. The molecule has 0 radical (unpaired) electrons. The molecule has 3 fully saturated rings. The summed E-state index contributed by atoms with van der Waals surface area (Å²) in [7, 11) is 0. The molecule has 2 amide bonds. The smallest absolute Gasteiger partial charge is 0.317 e. The molecule has 3 saturated heterocycles. The topological polar surface area (TPSA) is 89.2 Å². The first-order valence-electron chi connectivity index (χ1n) is 13.0. The van der Waals surface area contributed by atoms with Gasteiger partial charge in [0.2, 0.25) is 0 Å². The van der Waals surface area contributed by atoms with Crippen molar-refractivity contribution in [1.82, 2.24) is 30.5 Å². The van der Waals surface area contributed by atoms with Crippen LogP contribution in [0.15, 0.2) is 30.7 Å². The van der Waals surface area contributed by atoms with Crippen LogP contribution >= 0.6 is 0 Å². The van der Waals surface area contributed by atoms with Crippen molar-refractivity contribution in [1.29, 1.82) is 0 Å². The molecule has 3 N–H and O–H groups in total. The molecule has 3 aliphatic heterocycles. The number of hydrogen-bond acceptors (Lipinski definition) is 5. The lowest BCUT2D eigenvalue weighted by molar-refractivity contribution is 0.152. The van der Waals surface area contributed by atoms with E-state index in [2.05, 4.69) is 47.5 Å². The SMILES string of the molecule is O=C(NC1CCN(c2ccnc3cnc4[nH]ccc4c23)CC1)N1CCCC(CC2CCNC2)C1. The number of aromatic nitrogens is 3. The molecule has 3 aromatic rings. The fraction of sp³-hybridized carbons (Fsp3) is 0.577. The van der Waals surface area contributed by atoms with Crippen molar-refractivity contribution in [3.05, 3.63) is 30.7 Å². The molecule has 8 heteroatoms. The van der Waals surface area contributed by atoms with E-state index in [9.17, 15) is 4.79 Å². The molecule has 2 atom stereocenters. The summed E-state index contributed by atoms with van der Waals surface area (Å²) in [5.74, 6) is 1.45. The first-order chi connectivity index (χ1) is 16.7. The van der Waals surface area contributed by atoms with E-state index in [-0.39, 0.29) is 12.1 Å². The Morgan fingerprint density at radius 2 is 2.00 bits per heavy atom. The van der Waals surface area contributed by atoms with Gasteiger partial charge in [-0.15, -0.1) is 0 Å². The van der Waals surface area contributed by atoms with Gasteiger partial charge in [-0.3, -0.25) is 4.98 Å². The van der Waals surface area contributed by atoms with Crippen LogP contribution in [-0.2, 0) is 0 Å². The zero-order chi connectivity index (χ0) is 22.9. The Morgan fingerprint density at radius 3 is 2.85 bits per heavy atom. The molecule has 3 aliphatic rings. The van der Waals surface area contributed by atoms with Gasteiger partial charge in [0.15, 0.2) is 0 Å². The Kier molecular flexibility index (Phi) is 5.99. The number of carbonyl (C=O) groups is 1. The normalized spacial score (nSPS) is 24.2. The van der Waals surface area contributed by atoms with E-state index in [0.717, 1.165) is 86.4 Å². The van der Waals surface area contributed by atoms with Crippen LogP contribution in [0.5, 0.6) is 0 Å². The van der Waals surface area contributed by atoms with Gasteiger partial charge in [-0.25, -0.2) is 9.78 Å². The van der Waals surface area contributed by atoms with Gasteiger partial charge in [0.1, 0.15) is 5.65 Å². The highest BCUT2D eigenvalue weighted by Gasteiger charge is 2.29. The first-order valence-corrected chi connectivity index (χ1v) is 13.0. The number of rotatable bonds is 4. The molecule has 0 bridgehead atoms. The predicted octanol–water partition coefficient (Wildman–Crippen LogP) is 3.50. The molecule has 0 spiro atoms. The number of H-pyrrole nitrogens is 1. The largest absolute Gasteiger partial charge is 0.371 e. The summed E-state index contributed by atoms with van der Waals surface area (Å²) < 4.78 is 0. The molecule has 8 nitrogen and oxygen atoms in total. The Hall–Kier alpha value is -2.87.